The summed E-state index contributed by atoms with van der Waals surface area (Å²) in [6.45, 7) is 0. The molecule has 0 aromatic heterocycles. The van der Waals surface area contributed by atoms with Crippen LogP contribution in [0.3, 0.4) is 0 Å². The van der Waals surface area contributed by atoms with Crippen molar-refractivity contribution in [2.24, 2.45) is 0 Å². The molecule has 0 aromatic carbocycles. The second-order valence-corrected chi connectivity index (χ2v) is 3.29. The van der Waals surface area contributed by atoms with Crippen molar-refractivity contribution in [3.63, 3.8) is 0 Å². The Hall–Kier alpha value is -0.690. The molecule has 0 spiro atoms. The third kappa shape index (κ3) is 2.98. The lowest BCUT2D eigenvalue weighted by Crippen LogP contribution is -2.15. The highest BCUT2D eigenvalue weighted by Crippen LogP contribution is 1.94. The summed E-state index contributed by atoms with van der Waals surface area (Å²) in [5.74, 6) is 0.257. The lowest BCUT2D eigenvalue weighted by atomic mass is 10.9. The van der Waals surface area contributed by atoms with Gasteiger partial charge >= 0.3 is 5.30 Å². The molecule has 0 aliphatic carbocycles. The second-order valence-electron chi connectivity index (χ2n) is 1.39. The van der Waals surface area contributed by atoms with Crippen molar-refractivity contribution in [1.82, 2.24) is 0 Å². The lowest BCUT2D eigenvalue weighted by Gasteiger charge is -1.91. The summed E-state index contributed by atoms with van der Waals surface area (Å²) < 4.78 is 4.39. The Balaban J connectivity index is 3.62. The molecule has 0 saturated heterocycles. The topological polar surface area (TPSA) is 50.1 Å². The number of carbonyl (C=O) groups excluding carboxylic acids is 1. The van der Waals surface area contributed by atoms with Crippen LogP contribution in [-0.2, 0) is 15.6 Å². The van der Waals surface area contributed by atoms with E-state index in [1.807, 2.05) is 6.07 Å². The van der Waals surface area contributed by atoms with Crippen molar-refractivity contribution in [2.75, 3.05) is 19.1 Å². The van der Waals surface area contributed by atoms with Gasteiger partial charge in [0.15, 0.2) is 0 Å². The summed E-state index contributed by atoms with van der Waals surface area (Å²) in [7, 11) is 0.786. The number of carbonyl (C=O) groups is 1. The Kier molecular flexibility index (Phi) is 3.89. The molecule has 0 heterocycles. The quantitative estimate of drug-likeness (QED) is 0.400. The average molecular weight is 146 g/mol. The van der Waals surface area contributed by atoms with Crippen LogP contribution in [0.15, 0.2) is 0 Å². The van der Waals surface area contributed by atoms with Gasteiger partial charge in [-0.05, 0) is 0 Å². The molecule has 0 saturated carbocycles. The SMILES string of the molecule is COC(=O)[S+](C)CC#N. The molecule has 0 aliphatic rings. The highest BCUT2D eigenvalue weighted by Gasteiger charge is 2.23. The maximum Gasteiger partial charge on any atom is 0.525 e. The predicted octanol–water partition coefficient (Wildman–Crippen LogP) is 0.524. The van der Waals surface area contributed by atoms with E-state index in [1.54, 1.807) is 6.26 Å². The smallest absolute Gasteiger partial charge is 0.429 e. The minimum Gasteiger partial charge on any atom is -0.429 e. The fourth-order valence-corrected chi connectivity index (χ4v) is 0.894. The van der Waals surface area contributed by atoms with Gasteiger partial charge in [0, 0.05) is 0 Å². The van der Waals surface area contributed by atoms with Gasteiger partial charge in [-0.15, -0.1) is 0 Å². The number of hydrogen-bond acceptors (Lipinski definition) is 3. The molecular formula is C5H8NO2S+. The standard InChI is InChI=1S/C5H8NO2S/c1-8-5(7)9(2)4-3-6/h4H2,1-2H3/q+1. The molecule has 50 valence electrons. The zero-order valence-electron chi connectivity index (χ0n) is 5.38. The largest absolute Gasteiger partial charge is 0.525 e. The van der Waals surface area contributed by atoms with Crippen molar-refractivity contribution in [2.45, 2.75) is 0 Å². The maximum atomic E-state index is 10.5. The van der Waals surface area contributed by atoms with E-state index in [4.69, 9.17) is 5.26 Å². The monoisotopic (exact) mass is 146 g/mol. The fraction of sp³-hybridized carbons (Fsp3) is 0.600. The molecule has 9 heavy (non-hydrogen) atoms. The maximum absolute atomic E-state index is 10.5. The van der Waals surface area contributed by atoms with Crippen molar-refractivity contribution in [3.8, 4) is 6.07 Å². The molecule has 0 aliphatic heterocycles. The number of hydrogen-bond donors (Lipinski definition) is 0. The van der Waals surface area contributed by atoms with Gasteiger partial charge in [0.2, 0.25) is 5.75 Å². The molecule has 0 N–H and O–H groups in total. The minimum absolute atomic E-state index is 0.257. The predicted molar refractivity (Wildman–Crippen MR) is 36.2 cm³/mol. The first-order chi connectivity index (χ1) is 4.22. The second kappa shape index (κ2) is 4.21. The van der Waals surface area contributed by atoms with Crippen molar-refractivity contribution in [1.29, 1.82) is 5.26 Å². The Labute approximate surface area is 57.0 Å². The number of nitriles is 1. The highest BCUT2D eigenvalue weighted by molar-refractivity contribution is 8.10. The van der Waals surface area contributed by atoms with Crippen LogP contribution in [0, 0.1) is 11.3 Å². The van der Waals surface area contributed by atoms with Gasteiger partial charge in [-0.25, -0.2) is 0 Å². The third-order valence-corrected chi connectivity index (χ3v) is 2.03. The zero-order valence-corrected chi connectivity index (χ0v) is 6.20. The van der Waals surface area contributed by atoms with Crippen LogP contribution >= 0.6 is 0 Å². The molecule has 4 heteroatoms. The van der Waals surface area contributed by atoms with Crippen LogP contribution in [0.5, 0.6) is 0 Å². The van der Waals surface area contributed by atoms with Gasteiger partial charge in [0.25, 0.3) is 0 Å². The van der Waals surface area contributed by atoms with Crippen LogP contribution in [-0.4, -0.2) is 24.4 Å². The summed E-state index contributed by atoms with van der Waals surface area (Å²) in [5.41, 5.74) is 0. The van der Waals surface area contributed by atoms with E-state index in [-0.39, 0.29) is 11.1 Å². The summed E-state index contributed by atoms with van der Waals surface area (Å²) in [6.07, 6.45) is 1.69. The summed E-state index contributed by atoms with van der Waals surface area (Å²) in [5, 5.41) is 7.84. The summed E-state index contributed by atoms with van der Waals surface area (Å²) in [6, 6.07) is 1.89. The van der Waals surface area contributed by atoms with Gasteiger partial charge in [-0.2, -0.15) is 10.1 Å². The van der Waals surface area contributed by atoms with Crippen LogP contribution in [0.2, 0.25) is 0 Å². The summed E-state index contributed by atoms with van der Waals surface area (Å²) in [4.78, 5) is 10.5. The molecule has 0 amide bonds. The van der Waals surface area contributed by atoms with Gasteiger partial charge in [0.05, 0.1) is 7.11 Å². The molecule has 0 aromatic rings. The fourth-order valence-electron chi connectivity index (χ4n) is 0.298. The Bertz CT molecular complexity index is 140. The molecule has 1 unspecified atom stereocenters. The zero-order chi connectivity index (χ0) is 7.28. The summed E-state index contributed by atoms with van der Waals surface area (Å²) >= 11 is 0. The van der Waals surface area contributed by atoms with E-state index in [9.17, 15) is 4.79 Å². The van der Waals surface area contributed by atoms with Crippen LogP contribution in [0.25, 0.3) is 0 Å². The molecule has 3 nitrogen and oxygen atoms in total. The van der Waals surface area contributed by atoms with Crippen LogP contribution in [0.4, 0.5) is 4.79 Å². The van der Waals surface area contributed by atoms with Crippen LogP contribution in [0.1, 0.15) is 0 Å². The molecular weight excluding hydrogens is 138 g/mol. The normalized spacial score (nSPS) is 11.7. The Morgan fingerprint density at radius 3 is 2.78 bits per heavy atom. The van der Waals surface area contributed by atoms with E-state index in [1.165, 1.54) is 7.11 Å². The molecule has 0 rings (SSSR count). The van der Waals surface area contributed by atoms with Gasteiger partial charge in [-0.3, -0.25) is 0 Å². The average Bonchev–Trinajstić information content (AvgIpc) is 1.87. The van der Waals surface area contributed by atoms with Crippen molar-refractivity contribution >= 4 is 16.2 Å². The third-order valence-electron chi connectivity index (χ3n) is 0.732. The van der Waals surface area contributed by atoms with Gasteiger partial charge in [0.1, 0.15) is 23.2 Å². The molecule has 0 fully saturated rings. The van der Waals surface area contributed by atoms with E-state index < -0.39 is 10.9 Å². The molecule has 0 radical (unpaired) electrons. The highest BCUT2D eigenvalue weighted by atomic mass is 32.2. The van der Waals surface area contributed by atoms with E-state index in [0.29, 0.717) is 0 Å². The van der Waals surface area contributed by atoms with Crippen molar-refractivity contribution in [3.05, 3.63) is 0 Å². The number of rotatable bonds is 1. The molecule has 0 bridgehead atoms. The first kappa shape index (κ1) is 8.31. The first-order valence-electron chi connectivity index (χ1n) is 2.29. The van der Waals surface area contributed by atoms with Gasteiger partial charge in [-0.1, -0.05) is 0 Å². The van der Waals surface area contributed by atoms with Crippen LogP contribution < -0.4 is 0 Å². The van der Waals surface area contributed by atoms with E-state index in [0.717, 1.165) is 0 Å². The first-order valence-corrected chi connectivity index (χ1v) is 4.10. The minimum atomic E-state index is -0.537. The Morgan fingerprint density at radius 2 is 2.44 bits per heavy atom. The molecule has 1 atom stereocenters. The van der Waals surface area contributed by atoms with E-state index >= 15 is 0 Å². The number of ether oxygens (including phenoxy) is 1. The van der Waals surface area contributed by atoms with Gasteiger partial charge < -0.3 is 4.74 Å². The van der Waals surface area contributed by atoms with E-state index in [2.05, 4.69) is 4.74 Å². The van der Waals surface area contributed by atoms with Crippen molar-refractivity contribution < 1.29 is 9.53 Å². The lowest BCUT2D eigenvalue weighted by molar-refractivity contribution is 0.199. The number of methoxy groups -OCH3 is 1. The Morgan fingerprint density at radius 1 is 1.89 bits per heavy atom. The number of nitrogens with zero attached hydrogens (tertiary/aromatic N) is 1.